The molecule has 0 aliphatic rings. The van der Waals surface area contributed by atoms with Crippen molar-refractivity contribution in [1.82, 2.24) is 5.32 Å². The summed E-state index contributed by atoms with van der Waals surface area (Å²) in [6.07, 6.45) is 0.621. The lowest BCUT2D eigenvalue weighted by Gasteiger charge is -2.14. The highest BCUT2D eigenvalue weighted by atomic mass is 35.5. The van der Waals surface area contributed by atoms with E-state index in [1.54, 1.807) is 24.3 Å². The third-order valence-corrected chi connectivity index (χ3v) is 7.04. The molecule has 0 radical (unpaired) electrons. The SMILES string of the molecule is Cc1cccc(NS(=O)(=O)c2cc(C(=O)NCCc3ccc(Cl)cc3)ccc2Cl)c1C. The van der Waals surface area contributed by atoms with Crippen LogP contribution in [0.1, 0.15) is 27.0 Å². The number of benzene rings is 3. The maximum atomic E-state index is 12.9. The van der Waals surface area contributed by atoms with Gasteiger partial charge >= 0.3 is 0 Å². The third kappa shape index (κ3) is 5.79. The van der Waals surface area contributed by atoms with Gasteiger partial charge in [0.1, 0.15) is 4.90 Å². The molecule has 0 unspecified atom stereocenters. The minimum Gasteiger partial charge on any atom is -0.352 e. The Kier molecular flexibility index (Phi) is 7.26. The second-order valence-electron chi connectivity index (χ2n) is 7.13. The molecule has 8 heteroatoms. The van der Waals surface area contributed by atoms with Crippen molar-refractivity contribution >= 4 is 44.8 Å². The van der Waals surface area contributed by atoms with Crippen LogP contribution >= 0.6 is 23.2 Å². The first-order valence-corrected chi connectivity index (χ1v) is 11.8. The van der Waals surface area contributed by atoms with Gasteiger partial charge in [-0.15, -0.1) is 0 Å². The van der Waals surface area contributed by atoms with Crippen LogP contribution in [0.2, 0.25) is 10.0 Å². The van der Waals surface area contributed by atoms with E-state index in [1.165, 1.54) is 18.2 Å². The minimum absolute atomic E-state index is 0.0375. The minimum atomic E-state index is -3.98. The molecular weight excluding hydrogens is 455 g/mol. The van der Waals surface area contributed by atoms with Crippen LogP contribution in [0.15, 0.2) is 65.6 Å². The largest absolute Gasteiger partial charge is 0.352 e. The Morgan fingerprint density at radius 2 is 1.68 bits per heavy atom. The number of carbonyl (C=O) groups excluding carboxylic acids is 1. The van der Waals surface area contributed by atoms with Crippen molar-refractivity contribution in [2.24, 2.45) is 0 Å². The molecule has 0 heterocycles. The van der Waals surface area contributed by atoms with Crippen LogP contribution in [-0.2, 0) is 16.4 Å². The summed E-state index contributed by atoms with van der Waals surface area (Å²) in [6.45, 7) is 4.13. The average Bonchev–Trinajstić information content (AvgIpc) is 2.73. The van der Waals surface area contributed by atoms with E-state index >= 15 is 0 Å². The third-order valence-electron chi connectivity index (χ3n) is 4.94. The van der Waals surface area contributed by atoms with Crippen LogP contribution in [0.3, 0.4) is 0 Å². The topological polar surface area (TPSA) is 75.3 Å². The van der Waals surface area contributed by atoms with Crippen molar-refractivity contribution in [2.45, 2.75) is 25.2 Å². The molecule has 1 amide bonds. The van der Waals surface area contributed by atoms with E-state index in [0.29, 0.717) is 23.7 Å². The van der Waals surface area contributed by atoms with Crippen molar-refractivity contribution in [1.29, 1.82) is 0 Å². The van der Waals surface area contributed by atoms with Crippen LogP contribution in [0.4, 0.5) is 5.69 Å². The Morgan fingerprint density at radius 1 is 0.968 bits per heavy atom. The monoisotopic (exact) mass is 476 g/mol. The van der Waals surface area contributed by atoms with Gasteiger partial charge in [0.2, 0.25) is 0 Å². The lowest BCUT2D eigenvalue weighted by atomic mass is 10.1. The quantitative estimate of drug-likeness (QED) is 0.480. The molecule has 2 N–H and O–H groups in total. The number of carbonyl (C=O) groups is 1. The van der Waals surface area contributed by atoms with Gasteiger partial charge in [-0.25, -0.2) is 8.42 Å². The van der Waals surface area contributed by atoms with Gasteiger partial charge in [0, 0.05) is 17.1 Å². The summed E-state index contributed by atoms with van der Waals surface area (Å²) in [5.74, 6) is -0.381. The molecule has 0 spiro atoms. The van der Waals surface area contributed by atoms with E-state index < -0.39 is 10.0 Å². The van der Waals surface area contributed by atoms with Gasteiger partial charge in [-0.1, -0.05) is 47.5 Å². The molecule has 3 aromatic carbocycles. The fourth-order valence-corrected chi connectivity index (χ4v) is 4.76. The summed E-state index contributed by atoms with van der Waals surface area (Å²) in [7, 11) is -3.98. The number of amides is 1. The van der Waals surface area contributed by atoms with Crippen LogP contribution in [0.5, 0.6) is 0 Å². The molecule has 0 saturated heterocycles. The molecule has 0 fully saturated rings. The second kappa shape index (κ2) is 9.73. The number of hydrogen-bond donors (Lipinski definition) is 2. The number of nitrogens with one attached hydrogen (secondary N) is 2. The first kappa shape index (κ1) is 23.1. The summed E-state index contributed by atoms with van der Waals surface area (Å²) in [5.41, 5.74) is 3.48. The van der Waals surface area contributed by atoms with Gasteiger partial charge in [0.25, 0.3) is 15.9 Å². The number of hydrogen-bond acceptors (Lipinski definition) is 3. The van der Waals surface area contributed by atoms with E-state index in [-0.39, 0.29) is 21.4 Å². The van der Waals surface area contributed by atoms with Crippen LogP contribution < -0.4 is 10.0 Å². The number of rotatable bonds is 7. The second-order valence-corrected chi connectivity index (χ2v) is 9.62. The molecule has 0 bridgehead atoms. The zero-order valence-corrected chi connectivity index (χ0v) is 19.4. The highest BCUT2D eigenvalue weighted by molar-refractivity contribution is 7.92. The maximum absolute atomic E-state index is 12.9. The zero-order valence-electron chi connectivity index (χ0n) is 17.1. The molecule has 0 aliphatic carbocycles. The van der Waals surface area contributed by atoms with E-state index in [2.05, 4.69) is 10.0 Å². The highest BCUT2D eigenvalue weighted by Crippen LogP contribution is 2.27. The van der Waals surface area contributed by atoms with Gasteiger partial charge in [-0.2, -0.15) is 0 Å². The normalized spacial score (nSPS) is 11.2. The Balaban J connectivity index is 1.74. The van der Waals surface area contributed by atoms with Gasteiger partial charge < -0.3 is 5.32 Å². The average molecular weight is 477 g/mol. The summed E-state index contributed by atoms with van der Waals surface area (Å²) in [4.78, 5) is 12.4. The van der Waals surface area contributed by atoms with Crippen molar-refractivity contribution in [3.63, 3.8) is 0 Å². The smallest absolute Gasteiger partial charge is 0.263 e. The predicted octanol–water partition coefficient (Wildman–Crippen LogP) is 5.38. The maximum Gasteiger partial charge on any atom is 0.263 e. The molecule has 5 nitrogen and oxygen atoms in total. The Hall–Kier alpha value is -2.54. The zero-order chi connectivity index (χ0) is 22.6. The van der Waals surface area contributed by atoms with E-state index in [0.717, 1.165) is 16.7 Å². The molecule has 0 saturated carbocycles. The lowest BCUT2D eigenvalue weighted by Crippen LogP contribution is -2.26. The van der Waals surface area contributed by atoms with Crippen LogP contribution in [0, 0.1) is 13.8 Å². The first-order chi connectivity index (χ1) is 14.7. The number of aryl methyl sites for hydroxylation is 1. The Labute approximate surface area is 192 Å². The van der Waals surface area contributed by atoms with Crippen molar-refractivity contribution in [2.75, 3.05) is 11.3 Å². The predicted molar refractivity (Wildman–Crippen MR) is 126 cm³/mol. The van der Waals surface area contributed by atoms with Gasteiger partial charge in [0.05, 0.1) is 10.7 Å². The van der Waals surface area contributed by atoms with Gasteiger partial charge in [0.15, 0.2) is 0 Å². The fourth-order valence-electron chi connectivity index (χ4n) is 2.99. The summed E-state index contributed by atoms with van der Waals surface area (Å²) in [6, 6.07) is 16.9. The first-order valence-electron chi connectivity index (χ1n) is 9.58. The Bertz CT molecular complexity index is 1210. The van der Waals surface area contributed by atoms with E-state index in [9.17, 15) is 13.2 Å². The molecule has 162 valence electrons. The van der Waals surface area contributed by atoms with Crippen molar-refractivity contribution in [3.8, 4) is 0 Å². The van der Waals surface area contributed by atoms with Crippen LogP contribution in [-0.4, -0.2) is 20.9 Å². The molecule has 0 aliphatic heterocycles. The van der Waals surface area contributed by atoms with Gasteiger partial charge in [-0.3, -0.25) is 9.52 Å². The highest BCUT2D eigenvalue weighted by Gasteiger charge is 2.21. The summed E-state index contributed by atoms with van der Waals surface area (Å²) in [5, 5.41) is 3.48. The summed E-state index contributed by atoms with van der Waals surface area (Å²) < 4.78 is 28.5. The number of sulfonamides is 1. The fraction of sp³-hybridized carbons (Fsp3) is 0.174. The van der Waals surface area contributed by atoms with Crippen molar-refractivity contribution in [3.05, 3.63) is 93.0 Å². The van der Waals surface area contributed by atoms with Crippen LogP contribution in [0.25, 0.3) is 0 Å². The standard InChI is InChI=1S/C23H22Cl2N2O3S/c1-15-4-3-5-21(16(15)2)27-31(29,30)22-14-18(8-11-20(22)25)23(28)26-13-12-17-6-9-19(24)10-7-17/h3-11,14,27H,12-13H2,1-2H3,(H,26,28). The Morgan fingerprint density at radius 3 is 2.39 bits per heavy atom. The molecule has 0 aromatic heterocycles. The molecular formula is C23H22Cl2N2O3S. The van der Waals surface area contributed by atoms with E-state index in [1.807, 2.05) is 32.0 Å². The molecule has 3 aromatic rings. The van der Waals surface area contributed by atoms with Crippen molar-refractivity contribution < 1.29 is 13.2 Å². The molecule has 0 atom stereocenters. The lowest BCUT2D eigenvalue weighted by molar-refractivity contribution is 0.0954. The number of halogens is 2. The number of anilines is 1. The summed E-state index contributed by atoms with van der Waals surface area (Å²) >= 11 is 12.0. The molecule has 31 heavy (non-hydrogen) atoms. The van der Waals surface area contributed by atoms with E-state index in [4.69, 9.17) is 23.2 Å². The van der Waals surface area contributed by atoms with Gasteiger partial charge in [-0.05, 0) is 73.4 Å². The molecule has 3 rings (SSSR count).